The molecule has 3 heteroatoms. The number of hydrogen-bond donors (Lipinski definition) is 0. The summed E-state index contributed by atoms with van der Waals surface area (Å²) in [5.41, 5.74) is 1.48. The molecule has 0 radical (unpaired) electrons. The second-order valence-electron chi connectivity index (χ2n) is 4.86. The average molecular weight is 270 g/mol. The molecule has 0 saturated carbocycles. The van der Waals surface area contributed by atoms with Crippen molar-refractivity contribution in [2.75, 3.05) is 0 Å². The summed E-state index contributed by atoms with van der Waals surface area (Å²) in [5, 5.41) is 10.6. The van der Waals surface area contributed by atoms with E-state index in [0.29, 0.717) is 0 Å². The van der Waals surface area contributed by atoms with Crippen LogP contribution in [-0.4, -0.2) is 5.97 Å². The summed E-state index contributed by atoms with van der Waals surface area (Å²) >= 11 is 0. The van der Waals surface area contributed by atoms with Crippen molar-refractivity contribution >= 4 is 5.97 Å². The molecule has 0 saturated heterocycles. The van der Waals surface area contributed by atoms with Crippen molar-refractivity contribution in [1.82, 2.24) is 0 Å². The number of carbonyl (C=O) groups excluding carboxylic acids is 1. The van der Waals surface area contributed by atoms with Gasteiger partial charge in [-0.3, -0.25) is 0 Å². The van der Waals surface area contributed by atoms with Crippen molar-refractivity contribution in [2.24, 2.45) is 0 Å². The van der Waals surface area contributed by atoms with Gasteiger partial charge in [-0.25, -0.2) is 0 Å². The van der Waals surface area contributed by atoms with Gasteiger partial charge in [-0.2, -0.15) is 0 Å². The third kappa shape index (κ3) is 8.46. The maximum Gasteiger partial charge on any atom is 1.00 e. The van der Waals surface area contributed by atoms with E-state index in [1.165, 1.54) is 50.5 Å². The number of unbranched alkanes of at least 4 members (excludes halogenated alkanes) is 6. The van der Waals surface area contributed by atoms with Crippen molar-refractivity contribution in [3.63, 3.8) is 0 Å². The van der Waals surface area contributed by atoms with E-state index in [4.69, 9.17) is 0 Å². The number of benzene rings is 1. The Labute approximate surface area is 138 Å². The zero-order valence-corrected chi connectivity index (χ0v) is 14.3. The third-order valence-electron chi connectivity index (χ3n) is 3.26. The Kier molecular flexibility index (Phi) is 11.3. The zero-order chi connectivity index (χ0) is 13.2. The van der Waals surface area contributed by atoms with E-state index in [1.54, 1.807) is 12.1 Å². The molecule has 0 N–H and O–H groups in total. The average Bonchev–Trinajstić information content (AvgIpc) is 2.38. The molecule has 0 aliphatic rings. The number of carboxylic acid groups (broad SMARTS) is 1. The molecule has 0 fully saturated rings. The van der Waals surface area contributed by atoms with Crippen LogP contribution in [0.3, 0.4) is 0 Å². The Morgan fingerprint density at radius 2 is 1.47 bits per heavy atom. The van der Waals surface area contributed by atoms with Gasteiger partial charge < -0.3 is 9.90 Å². The van der Waals surface area contributed by atoms with Gasteiger partial charge in [0.1, 0.15) is 0 Å². The zero-order valence-electron chi connectivity index (χ0n) is 12.3. The first-order chi connectivity index (χ1) is 8.74. The molecular formula is C16H23NaO2. The van der Waals surface area contributed by atoms with E-state index in [9.17, 15) is 9.90 Å². The predicted molar refractivity (Wildman–Crippen MR) is 72.5 cm³/mol. The monoisotopic (exact) mass is 270 g/mol. The van der Waals surface area contributed by atoms with E-state index in [-0.39, 0.29) is 35.1 Å². The summed E-state index contributed by atoms with van der Waals surface area (Å²) in [6, 6.07) is 7.04. The second-order valence-corrected chi connectivity index (χ2v) is 4.86. The maximum atomic E-state index is 10.6. The topological polar surface area (TPSA) is 40.1 Å². The van der Waals surface area contributed by atoms with Crippen molar-refractivity contribution in [3.8, 4) is 0 Å². The summed E-state index contributed by atoms with van der Waals surface area (Å²) in [4.78, 5) is 10.6. The van der Waals surface area contributed by atoms with Crippen LogP contribution in [0.5, 0.6) is 0 Å². The fraction of sp³-hybridized carbons (Fsp3) is 0.562. The molecule has 0 aliphatic carbocycles. The van der Waals surface area contributed by atoms with Crippen molar-refractivity contribution < 1.29 is 39.5 Å². The first-order valence-electron chi connectivity index (χ1n) is 7.04. The van der Waals surface area contributed by atoms with Crippen LogP contribution < -0.4 is 34.7 Å². The van der Waals surface area contributed by atoms with E-state index in [0.717, 1.165) is 6.42 Å². The Bertz CT molecular complexity index is 346. The van der Waals surface area contributed by atoms with E-state index >= 15 is 0 Å². The third-order valence-corrected chi connectivity index (χ3v) is 3.26. The van der Waals surface area contributed by atoms with Gasteiger partial charge in [-0.05, 0) is 24.0 Å². The minimum Gasteiger partial charge on any atom is -0.545 e. The Morgan fingerprint density at radius 1 is 0.947 bits per heavy atom. The second kappa shape index (κ2) is 11.5. The van der Waals surface area contributed by atoms with Crippen LogP contribution in [0.15, 0.2) is 24.3 Å². The summed E-state index contributed by atoms with van der Waals surface area (Å²) in [5.74, 6) is -1.10. The number of carbonyl (C=O) groups is 1. The first kappa shape index (κ1) is 18.7. The summed E-state index contributed by atoms with van der Waals surface area (Å²) in [6.07, 6.45) is 10.2. The molecule has 1 rings (SSSR count). The van der Waals surface area contributed by atoms with Gasteiger partial charge in [0.15, 0.2) is 0 Å². The summed E-state index contributed by atoms with van der Waals surface area (Å²) in [6.45, 7) is 2.23. The quantitative estimate of drug-likeness (QED) is 0.480. The Hall–Kier alpha value is -0.310. The fourth-order valence-electron chi connectivity index (χ4n) is 2.09. The molecule has 1 aromatic rings. The minimum absolute atomic E-state index is 0. The SMILES string of the molecule is CCCCCCCCCc1ccc(C(=O)[O-])cc1.[Na+]. The van der Waals surface area contributed by atoms with Gasteiger partial charge in [0, 0.05) is 0 Å². The van der Waals surface area contributed by atoms with E-state index in [1.807, 2.05) is 12.1 Å². The van der Waals surface area contributed by atoms with Gasteiger partial charge in [-0.15, -0.1) is 0 Å². The number of hydrogen-bond acceptors (Lipinski definition) is 2. The summed E-state index contributed by atoms with van der Waals surface area (Å²) in [7, 11) is 0. The van der Waals surface area contributed by atoms with Gasteiger partial charge in [0.2, 0.25) is 0 Å². The van der Waals surface area contributed by atoms with Gasteiger partial charge in [0.25, 0.3) is 0 Å². The van der Waals surface area contributed by atoms with Crippen molar-refractivity contribution in [3.05, 3.63) is 35.4 Å². The predicted octanol–water partition coefficient (Wildman–Crippen LogP) is 0.347. The molecule has 19 heavy (non-hydrogen) atoms. The standard InChI is InChI=1S/C16H24O2.Na/c1-2-3-4-5-6-7-8-9-14-10-12-15(13-11-14)16(17)18;/h10-13H,2-9H2,1H3,(H,17,18);/q;+1/p-1. The normalized spacial score (nSPS) is 9.95. The summed E-state index contributed by atoms with van der Waals surface area (Å²) < 4.78 is 0. The van der Waals surface area contributed by atoms with Crippen LogP contribution in [0.2, 0.25) is 0 Å². The van der Waals surface area contributed by atoms with E-state index < -0.39 is 5.97 Å². The molecule has 0 atom stereocenters. The fourth-order valence-corrected chi connectivity index (χ4v) is 2.09. The van der Waals surface area contributed by atoms with Crippen LogP contribution in [0.4, 0.5) is 0 Å². The number of rotatable bonds is 9. The Morgan fingerprint density at radius 3 is 2.00 bits per heavy atom. The van der Waals surface area contributed by atoms with Crippen LogP contribution in [0.1, 0.15) is 67.8 Å². The van der Waals surface area contributed by atoms with Crippen molar-refractivity contribution in [1.29, 1.82) is 0 Å². The van der Waals surface area contributed by atoms with Gasteiger partial charge in [-0.1, -0.05) is 69.7 Å². The Balaban J connectivity index is 0.00000324. The molecule has 0 amide bonds. The molecule has 1 aromatic carbocycles. The largest absolute Gasteiger partial charge is 1.00 e. The number of carboxylic acids is 1. The molecule has 0 aliphatic heterocycles. The molecule has 0 spiro atoms. The van der Waals surface area contributed by atoms with Crippen LogP contribution in [-0.2, 0) is 6.42 Å². The molecule has 100 valence electrons. The van der Waals surface area contributed by atoms with Crippen LogP contribution in [0.25, 0.3) is 0 Å². The number of aromatic carboxylic acids is 1. The van der Waals surface area contributed by atoms with Crippen LogP contribution in [0, 0.1) is 0 Å². The van der Waals surface area contributed by atoms with E-state index in [2.05, 4.69) is 6.92 Å². The molecule has 2 nitrogen and oxygen atoms in total. The molecular weight excluding hydrogens is 247 g/mol. The molecule has 0 bridgehead atoms. The number of aryl methyl sites for hydroxylation is 1. The van der Waals surface area contributed by atoms with Gasteiger partial charge in [0.05, 0.1) is 5.97 Å². The first-order valence-corrected chi connectivity index (χ1v) is 7.04. The maximum absolute atomic E-state index is 10.6. The van der Waals surface area contributed by atoms with Gasteiger partial charge >= 0.3 is 29.6 Å². The minimum atomic E-state index is -1.10. The smallest absolute Gasteiger partial charge is 0.545 e. The van der Waals surface area contributed by atoms with Crippen LogP contribution >= 0.6 is 0 Å². The molecule has 0 aromatic heterocycles. The molecule has 0 unspecified atom stereocenters. The molecule has 0 heterocycles. The van der Waals surface area contributed by atoms with Crippen molar-refractivity contribution in [2.45, 2.75) is 58.3 Å².